The SMILES string of the molecule is CC(CCl)NS(=O)(=O)c1ccccc1C(F)(F)F. The summed E-state index contributed by atoms with van der Waals surface area (Å²) in [6.07, 6.45) is -4.73. The lowest BCUT2D eigenvalue weighted by Crippen LogP contribution is -2.34. The second-order valence-electron chi connectivity index (χ2n) is 3.67. The minimum atomic E-state index is -4.73. The summed E-state index contributed by atoms with van der Waals surface area (Å²) in [5.74, 6) is -0.0343. The van der Waals surface area contributed by atoms with Crippen LogP contribution in [0.15, 0.2) is 29.2 Å². The normalized spacial score (nSPS) is 14.5. The third kappa shape index (κ3) is 3.60. The Kier molecular flexibility index (Phi) is 4.63. The summed E-state index contributed by atoms with van der Waals surface area (Å²) >= 11 is 5.43. The first-order chi connectivity index (χ1) is 8.18. The van der Waals surface area contributed by atoms with Crippen LogP contribution in [-0.4, -0.2) is 20.3 Å². The molecule has 18 heavy (non-hydrogen) atoms. The van der Waals surface area contributed by atoms with Crippen LogP contribution in [0.1, 0.15) is 12.5 Å². The van der Waals surface area contributed by atoms with Gasteiger partial charge in [-0.15, -0.1) is 11.6 Å². The maximum absolute atomic E-state index is 12.7. The highest BCUT2D eigenvalue weighted by molar-refractivity contribution is 7.89. The van der Waals surface area contributed by atoms with E-state index in [1.165, 1.54) is 13.0 Å². The Morgan fingerprint density at radius 3 is 2.39 bits per heavy atom. The second kappa shape index (κ2) is 5.46. The average Bonchev–Trinajstić information content (AvgIpc) is 2.27. The van der Waals surface area contributed by atoms with Gasteiger partial charge < -0.3 is 0 Å². The number of hydrogen-bond acceptors (Lipinski definition) is 2. The topological polar surface area (TPSA) is 46.2 Å². The van der Waals surface area contributed by atoms with E-state index in [1.807, 2.05) is 0 Å². The van der Waals surface area contributed by atoms with E-state index in [4.69, 9.17) is 11.6 Å². The molecule has 3 nitrogen and oxygen atoms in total. The van der Waals surface area contributed by atoms with E-state index in [9.17, 15) is 21.6 Å². The number of benzene rings is 1. The smallest absolute Gasteiger partial charge is 0.207 e. The lowest BCUT2D eigenvalue weighted by molar-refractivity contribution is -0.139. The molecule has 0 aliphatic carbocycles. The van der Waals surface area contributed by atoms with Crippen LogP contribution in [0.4, 0.5) is 13.2 Å². The fourth-order valence-electron chi connectivity index (χ4n) is 1.30. The molecule has 0 spiro atoms. The van der Waals surface area contributed by atoms with Gasteiger partial charge in [-0.3, -0.25) is 0 Å². The van der Waals surface area contributed by atoms with Gasteiger partial charge in [0.2, 0.25) is 10.0 Å². The molecule has 1 aromatic carbocycles. The van der Waals surface area contributed by atoms with Crippen LogP contribution in [0, 0.1) is 0 Å². The molecule has 0 radical (unpaired) electrons. The predicted molar refractivity (Wildman–Crippen MR) is 61.9 cm³/mol. The van der Waals surface area contributed by atoms with Crippen molar-refractivity contribution in [3.63, 3.8) is 0 Å². The standard InChI is InChI=1S/C10H11ClF3NO2S/c1-7(6-11)15-18(16,17)9-5-3-2-4-8(9)10(12,13)14/h2-5,7,15H,6H2,1H3. The van der Waals surface area contributed by atoms with Crippen molar-refractivity contribution in [1.82, 2.24) is 4.72 Å². The molecule has 0 aliphatic rings. The van der Waals surface area contributed by atoms with Crippen LogP contribution in [0.2, 0.25) is 0 Å². The molecule has 0 saturated heterocycles. The molecule has 1 atom stereocenters. The van der Waals surface area contributed by atoms with Crippen LogP contribution < -0.4 is 4.72 Å². The van der Waals surface area contributed by atoms with Crippen molar-refractivity contribution in [1.29, 1.82) is 0 Å². The van der Waals surface area contributed by atoms with Crippen molar-refractivity contribution in [2.75, 3.05) is 5.88 Å². The molecule has 0 amide bonds. The maximum Gasteiger partial charge on any atom is 0.417 e. The maximum atomic E-state index is 12.7. The molecule has 0 heterocycles. The van der Waals surface area contributed by atoms with Gasteiger partial charge in [0.15, 0.2) is 0 Å². The number of hydrogen-bond donors (Lipinski definition) is 1. The van der Waals surface area contributed by atoms with Gasteiger partial charge >= 0.3 is 6.18 Å². The molecule has 1 aromatic rings. The van der Waals surface area contributed by atoms with Crippen molar-refractivity contribution in [2.45, 2.75) is 24.0 Å². The Hall–Kier alpha value is -0.790. The third-order valence-electron chi connectivity index (χ3n) is 2.07. The number of halogens is 4. The molecule has 8 heteroatoms. The van der Waals surface area contributed by atoms with Gasteiger partial charge in [-0.25, -0.2) is 13.1 Å². The van der Waals surface area contributed by atoms with Gasteiger partial charge in [0, 0.05) is 11.9 Å². The average molecular weight is 302 g/mol. The summed E-state index contributed by atoms with van der Waals surface area (Å²) in [4.78, 5) is -0.797. The highest BCUT2D eigenvalue weighted by Gasteiger charge is 2.37. The van der Waals surface area contributed by atoms with E-state index in [-0.39, 0.29) is 5.88 Å². The highest BCUT2D eigenvalue weighted by atomic mass is 35.5. The van der Waals surface area contributed by atoms with Gasteiger partial charge in [0.05, 0.1) is 10.5 Å². The molecule has 0 fully saturated rings. The molecule has 1 N–H and O–H groups in total. The minimum absolute atomic E-state index is 0.0343. The van der Waals surface area contributed by atoms with Crippen molar-refractivity contribution >= 4 is 21.6 Å². The summed E-state index contributed by atoms with van der Waals surface area (Å²) in [7, 11) is -4.24. The van der Waals surface area contributed by atoms with Gasteiger partial charge in [0.1, 0.15) is 0 Å². The van der Waals surface area contributed by atoms with E-state index < -0.39 is 32.7 Å². The van der Waals surface area contributed by atoms with Gasteiger partial charge in [-0.05, 0) is 19.1 Å². The zero-order valence-electron chi connectivity index (χ0n) is 9.33. The van der Waals surface area contributed by atoms with Crippen molar-refractivity contribution in [3.8, 4) is 0 Å². The van der Waals surface area contributed by atoms with Crippen LogP contribution in [0.25, 0.3) is 0 Å². The Labute approximate surface area is 108 Å². The fourth-order valence-corrected chi connectivity index (χ4v) is 2.93. The van der Waals surface area contributed by atoms with Crippen molar-refractivity contribution in [2.24, 2.45) is 0 Å². The summed E-state index contributed by atoms with van der Waals surface area (Å²) < 4.78 is 63.7. The molecule has 0 saturated carbocycles. The van der Waals surface area contributed by atoms with E-state index >= 15 is 0 Å². The highest BCUT2D eigenvalue weighted by Crippen LogP contribution is 2.33. The summed E-state index contributed by atoms with van der Waals surface area (Å²) in [6, 6.07) is 3.34. The van der Waals surface area contributed by atoms with E-state index in [0.29, 0.717) is 0 Å². The number of nitrogens with one attached hydrogen (secondary N) is 1. The molecule has 102 valence electrons. The predicted octanol–water partition coefficient (Wildman–Crippen LogP) is 2.61. The van der Waals surface area contributed by atoms with E-state index in [1.54, 1.807) is 0 Å². The first-order valence-electron chi connectivity index (χ1n) is 4.93. The molecular formula is C10H11ClF3NO2S. The van der Waals surface area contributed by atoms with Crippen LogP contribution >= 0.6 is 11.6 Å². The largest absolute Gasteiger partial charge is 0.417 e. The zero-order chi connectivity index (χ0) is 14.0. The summed E-state index contributed by atoms with van der Waals surface area (Å²) in [5.41, 5.74) is -1.20. The number of sulfonamides is 1. The van der Waals surface area contributed by atoms with Crippen LogP contribution in [-0.2, 0) is 16.2 Å². The quantitative estimate of drug-likeness (QED) is 0.869. The third-order valence-corrected chi connectivity index (χ3v) is 4.18. The lowest BCUT2D eigenvalue weighted by atomic mass is 10.2. The van der Waals surface area contributed by atoms with Crippen molar-refractivity contribution in [3.05, 3.63) is 29.8 Å². The Balaban J connectivity index is 3.25. The molecule has 0 aromatic heterocycles. The first kappa shape index (κ1) is 15.3. The molecular weight excluding hydrogens is 291 g/mol. The van der Waals surface area contributed by atoms with Gasteiger partial charge in [-0.2, -0.15) is 13.2 Å². The number of alkyl halides is 4. The first-order valence-corrected chi connectivity index (χ1v) is 6.95. The molecule has 1 rings (SSSR count). The van der Waals surface area contributed by atoms with Crippen LogP contribution in [0.5, 0.6) is 0 Å². The van der Waals surface area contributed by atoms with Gasteiger partial charge in [0.25, 0.3) is 0 Å². The lowest BCUT2D eigenvalue weighted by Gasteiger charge is -2.15. The Morgan fingerprint density at radius 2 is 1.89 bits per heavy atom. The molecule has 1 unspecified atom stereocenters. The molecule has 0 aliphatic heterocycles. The van der Waals surface area contributed by atoms with Crippen LogP contribution in [0.3, 0.4) is 0 Å². The zero-order valence-corrected chi connectivity index (χ0v) is 10.9. The fraction of sp³-hybridized carbons (Fsp3) is 0.400. The van der Waals surface area contributed by atoms with E-state index in [2.05, 4.69) is 4.72 Å². The van der Waals surface area contributed by atoms with Crippen molar-refractivity contribution < 1.29 is 21.6 Å². The number of rotatable bonds is 4. The summed E-state index contributed by atoms with van der Waals surface area (Å²) in [6.45, 7) is 1.46. The minimum Gasteiger partial charge on any atom is -0.207 e. The monoisotopic (exact) mass is 301 g/mol. The second-order valence-corrected chi connectivity index (χ2v) is 5.66. The summed E-state index contributed by atoms with van der Waals surface area (Å²) in [5, 5.41) is 0. The molecule has 0 bridgehead atoms. The van der Waals surface area contributed by atoms with Gasteiger partial charge in [-0.1, -0.05) is 12.1 Å². The van der Waals surface area contributed by atoms with E-state index in [0.717, 1.165) is 18.2 Å². The Bertz CT molecular complexity index is 516. The Morgan fingerprint density at radius 1 is 1.33 bits per heavy atom.